The van der Waals surface area contributed by atoms with E-state index in [0.29, 0.717) is 5.69 Å². The number of hydrogen-bond donors (Lipinski definition) is 2. The molecule has 98 valence electrons. The second-order valence-electron chi connectivity index (χ2n) is 4.11. The number of hydrogen-bond acceptors (Lipinski definition) is 3. The Bertz CT molecular complexity index is 619. The highest BCUT2D eigenvalue weighted by Gasteiger charge is 2.08. The molecule has 0 atom stereocenters. The van der Waals surface area contributed by atoms with E-state index < -0.39 is 5.97 Å². The molecule has 2 rings (SSSR count). The van der Waals surface area contributed by atoms with E-state index in [9.17, 15) is 9.59 Å². The number of carbonyl (C=O) groups is 2. The van der Waals surface area contributed by atoms with Crippen LogP contribution in [0.1, 0.15) is 26.4 Å². The van der Waals surface area contributed by atoms with E-state index in [1.54, 1.807) is 36.3 Å². The normalized spacial score (nSPS) is 10.2. The Morgan fingerprint density at radius 2 is 2.21 bits per heavy atom. The highest BCUT2D eigenvalue weighted by molar-refractivity contribution is 5.92. The average Bonchev–Trinajstić information content (AvgIpc) is 2.83. The monoisotopic (exact) mass is 259 g/mol. The molecule has 0 fully saturated rings. The topological polar surface area (TPSA) is 84.2 Å². The van der Waals surface area contributed by atoms with Gasteiger partial charge in [0.15, 0.2) is 0 Å². The third-order valence-electron chi connectivity index (χ3n) is 2.56. The number of nitrogens with zero attached hydrogens (tertiary/aromatic N) is 2. The number of benzene rings is 1. The van der Waals surface area contributed by atoms with Crippen LogP contribution in [-0.4, -0.2) is 26.5 Å². The summed E-state index contributed by atoms with van der Waals surface area (Å²) in [5.41, 5.74) is 1.26. The SMILES string of the molecule is Cn1cnc(C(=O)NCc2cccc(C(=O)O)c2)c1. The summed E-state index contributed by atoms with van der Waals surface area (Å²) < 4.78 is 1.68. The van der Waals surface area contributed by atoms with Gasteiger partial charge >= 0.3 is 5.97 Å². The molecule has 1 amide bonds. The van der Waals surface area contributed by atoms with Crippen LogP contribution in [0.2, 0.25) is 0 Å². The molecule has 0 unspecified atom stereocenters. The van der Waals surface area contributed by atoms with Gasteiger partial charge in [-0.15, -0.1) is 0 Å². The molecule has 0 spiro atoms. The van der Waals surface area contributed by atoms with Gasteiger partial charge in [-0.25, -0.2) is 9.78 Å². The van der Waals surface area contributed by atoms with Crippen molar-refractivity contribution in [2.24, 2.45) is 7.05 Å². The predicted molar refractivity (Wildman–Crippen MR) is 67.8 cm³/mol. The lowest BCUT2D eigenvalue weighted by Gasteiger charge is -2.04. The van der Waals surface area contributed by atoms with Crippen LogP contribution in [0.15, 0.2) is 36.8 Å². The van der Waals surface area contributed by atoms with Crippen LogP contribution < -0.4 is 5.32 Å². The fourth-order valence-corrected chi connectivity index (χ4v) is 1.62. The summed E-state index contributed by atoms with van der Waals surface area (Å²) in [6.45, 7) is 0.260. The van der Waals surface area contributed by atoms with Gasteiger partial charge in [0.05, 0.1) is 11.9 Å². The van der Waals surface area contributed by atoms with Gasteiger partial charge in [0.1, 0.15) is 5.69 Å². The van der Waals surface area contributed by atoms with Crippen molar-refractivity contribution in [2.45, 2.75) is 6.54 Å². The van der Waals surface area contributed by atoms with E-state index in [4.69, 9.17) is 5.11 Å². The van der Waals surface area contributed by atoms with Crippen molar-refractivity contribution in [3.63, 3.8) is 0 Å². The smallest absolute Gasteiger partial charge is 0.335 e. The molecule has 6 nitrogen and oxygen atoms in total. The molecule has 6 heteroatoms. The molecule has 19 heavy (non-hydrogen) atoms. The van der Waals surface area contributed by atoms with Crippen molar-refractivity contribution >= 4 is 11.9 Å². The molecule has 0 aliphatic rings. The number of amides is 1. The van der Waals surface area contributed by atoms with E-state index in [1.165, 1.54) is 12.1 Å². The fraction of sp³-hybridized carbons (Fsp3) is 0.154. The molecule has 0 saturated carbocycles. The van der Waals surface area contributed by atoms with E-state index in [1.807, 2.05) is 0 Å². The van der Waals surface area contributed by atoms with Crippen LogP contribution in [0.4, 0.5) is 0 Å². The van der Waals surface area contributed by atoms with Gasteiger partial charge in [-0.05, 0) is 17.7 Å². The van der Waals surface area contributed by atoms with Crippen molar-refractivity contribution in [1.82, 2.24) is 14.9 Å². The second kappa shape index (κ2) is 5.34. The Morgan fingerprint density at radius 1 is 1.42 bits per heavy atom. The summed E-state index contributed by atoms with van der Waals surface area (Å²) in [6, 6.07) is 6.43. The van der Waals surface area contributed by atoms with Crippen molar-refractivity contribution in [3.05, 3.63) is 53.6 Å². The number of aryl methyl sites for hydroxylation is 1. The Balaban J connectivity index is 2.01. The molecule has 1 aromatic carbocycles. The minimum Gasteiger partial charge on any atom is -0.478 e. The molecule has 0 aliphatic heterocycles. The van der Waals surface area contributed by atoms with Crippen molar-refractivity contribution in [3.8, 4) is 0 Å². The zero-order chi connectivity index (χ0) is 13.8. The van der Waals surface area contributed by atoms with Crippen LogP contribution in [0, 0.1) is 0 Å². The third kappa shape index (κ3) is 3.19. The fourth-order valence-electron chi connectivity index (χ4n) is 1.62. The summed E-state index contributed by atoms with van der Waals surface area (Å²) >= 11 is 0. The summed E-state index contributed by atoms with van der Waals surface area (Å²) in [5.74, 6) is -1.28. The van der Waals surface area contributed by atoms with Crippen molar-refractivity contribution in [1.29, 1.82) is 0 Å². The summed E-state index contributed by atoms with van der Waals surface area (Å²) in [4.78, 5) is 26.5. The molecule has 0 radical (unpaired) electrons. The zero-order valence-electron chi connectivity index (χ0n) is 10.3. The zero-order valence-corrected chi connectivity index (χ0v) is 10.3. The van der Waals surface area contributed by atoms with Crippen LogP contribution in [-0.2, 0) is 13.6 Å². The maximum atomic E-state index is 11.7. The van der Waals surface area contributed by atoms with Crippen molar-refractivity contribution in [2.75, 3.05) is 0 Å². The molecular formula is C13H13N3O3. The van der Waals surface area contributed by atoms with Crippen LogP contribution in [0.3, 0.4) is 0 Å². The molecule has 2 aromatic rings. The number of carboxylic acids is 1. The third-order valence-corrected chi connectivity index (χ3v) is 2.56. The maximum Gasteiger partial charge on any atom is 0.335 e. The van der Waals surface area contributed by atoms with Gasteiger partial charge < -0.3 is 15.0 Å². The summed E-state index contributed by atoms with van der Waals surface area (Å²) in [5, 5.41) is 11.6. The lowest BCUT2D eigenvalue weighted by atomic mass is 10.1. The maximum absolute atomic E-state index is 11.7. The van der Waals surface area contributed by atoms with Gasteiger partial charge in [0.25, 0.3) is 5.91 Å². The lowest BCUT2D eigenvalue weighted by Crippen LogP contribution is -2.23. The van der Waals surface area contributed by atoms with Gasteiger partial charge in [-0.3, -0.25) is 4.79 Å². The molecule has 1 aromatic heterocycles. The van der Waals surface area contributed by atoms with Crippen LogP contribution >= 0.6 is 0 Å². The first-order chi connectivity index (χ1) is 9.06. The van der Waals surface area contributed by atoms with Crippen LogP contribution in [0.5, 0.6) is 0 Å². The van der Waals surface area contributed by atoms with Gasteiger partial charge in [-0.1, -0.05) is 12.1 Å². The van der Waals surface area contributed by atoms with Gasteiger partial charge in [-0.2, -0.15) is 0 Å². The highest BCUT2D eigenvalue weighted by atomic mass is 16.4. The second-order valence-corrected chi connectivity index (χ2v) is 4.11. The molecule has 0 bridgehead atoms. The highest BCUT2D eigenvalue weighted by Crippen LogP contribution is 2.05. The minimum atomic E-state index is -0.988. The number of aromatic carboxylic acids is 1. The number of carbonyl (C=O) groups excluding carboxylic acids is 1. The molecular weight excluding hydrogens is 246 g/mol. The van der Waals surface area contributed by atoms with Crippen molar-refractivity contribution < 1.29 is 14.7 Å². The molecule has 2 N–H and O–H groups in total. The lowest BCUT2D eigenvalue weighted by molar-refractivity contribution is 0.0696. The van der Waals surface area contributed by atoms with E-state index in [-0.39, 0.29) is 18.0 Å². The number of nitrogens with one attached hydrogen (secondary N) is 1. The summed E-state index contributed by atoms with van der Waals surface area (Å²) in [7, 11) is 1.78. The number of carboxylic acid groups (broad SMARTS) is 1. The van der Waals surface area contributed by atoms with E-state index in [0.717, 1.165) is 5.56 Å². The Hall–Kier alpha value is -2.63. The molecule has 1 heterocycles. The standard InChI is InChI=1S/C13H13N3O3/c1-16-7-11(15-8-16)12(17)14-6-9-3-2-4-10(5-9)13(18)19/h2-5,7-8H,6H2,1H3,(H,14,17)(H,18,19). The first kappa shape index (κ1) is 12.8. The average molecular weight is 259 g/mol. The first-order valence-electron chi connectivity index (χ1n) is 5.64. The van der Waals surface area contributed by atoms with E-state index >= 15 is 0 Å². The quantitative estimate of drug-likeness (QED) is 0.859. The van der Waals surface area contributed by atoms with Gasteiger partial charge in [0, 0.05) is 19.8 Å². The van der Waals surface area contributed by atoms with E-state index in [2.05, 4.69) is 10.3 Å². The number of imidazole rings is 1. The summed E-state index contributed by atoms with van der Waals surface area (Å²) in [6.07, 6.45) is 3.16. The Morgan fingerprint density at radius 3 is 2.84 bits per heavy atom. The Kier molecular flexibility index (Phi) is 3.61. The molecule has 0 saturated heterocycles. The van der Waals surface area contributed by atoms with Gasteiger partial charge in [0.2, 0.25) is 0 Å². The molecule has 0 aliphatic carbocycles. The Labute approximate surface area is 109 Å². The number of aromatic nitrogens is 2. The number of rotatable bonds is 4. The largest absolute Gasteiger partial charge is 0.478 e. The predicted octanol–water partition coefficient (Wildman–Crippen LogP) is 1.05. The first-order valence-corrected chi connectivity index (χ1v) is 5.64. The van der Waals surface area contributed by atoms with Crippen LogP contribution in [0.25, 0.3) is 0 Å². The minimum absolute atomic E-state index is 0.199.